The van der Waals surface area contributed by atoms with Crippen LogP contribution in [-0.4, -0.2) is 95.0 Å². The summed E-state index contributed by atoms with van der Waals surface area (Å²) in [5, 5.41) is 29.9. The van der Waals surface area contributed by atoms with Crippen LogP contribution in [0.15, 0.2) is 97.2 Å². The van der Waals surface area contributed by atoms with Crippen molar-refractivity contribution in [3.05, 3.63) is 97.2 Å². The Balaban J connectivity index is 4.06. The second kappa shape index (κ2) is 37.0. The number of rotatable bonds is 36. The quantitative estimate of drug-likeness (QED) is 0.0177. The van der Waals surface area contributed by atoms with E-state index in [-0.39, 0.29) is 12.8 Å². The lowest BCUT2D eigenvalue weighted by Gasteiger charge is -2.19. The van der Waals surface area contributed by atoms with Gasteiger partial charge in [0.15, 0.2) is 0 Å². The molecule has 4 atom stereocenters. The minimum atomic E-state index is -4.80. The Morgan fingerprint density at radius 3 is 1.07 bits per heavy atom. The standard InChI is InChI=1S/C41H66O15P2/c1-3-5-7-9-11-13-15-17-19-21-23-25-27-29-40(45)51-31-37(42)33-53-57(47,48)55-35-39(44)36-56-58(49,50)54-34-38(43)32-52-41(46)30-28-26-24-22-20-18-16-14-12-10-8-6-4-2/h5-20,37-39,42-44H,3-4,21-36H2,1-2H3,(H,47,48)(H,49,50)/b7-5+,8-6+,11-9+,12-10+,15-13-,16-14-,19-17-,20-18-. The number of carbonyl (C=O) groups excluding carboxylic acids is 2. The van der Waals surface area contributed by atoms with E-state index >= 15 is 0 Å². The van der Waals surface area contributed by atoms with Gasteiger partial charge in [0.1, 0.15) is 31.5 Å². The van der Waals surface area contributed by atoms with Crippen LogP contribution in [0, 0.1) is 0 Å². The Morgan fingerprint density at radius 2 is 0.741 bits per heavy atom. The molecule has 0 spiro atoms. The van der Waals surface area contributed by atoms with Crippen molar-refractivity contribution in [2.24, 2.45) is 0 Å². The maximum Gasteiger partial charge on any atom is 0.472 e. The summed E-state index contributed by atoms with van der Waals surface area (Å²) in [6.45, 7) is -0.0344. The number of hydrogen-bond acceptors (Lipinski definition) is 13. The Hall–Kier alpha value is -3.04. The maximum atomic E-state index is 12.1. The van der Waals surface area contributed by atoms with Gasteiger partial charge in [-0.3, -0.25) is 27.7 Å². The Morgan fingerprint density at radius 1 is 0.448 bits per heavy atom. The fourth-order valence-corrected chi connectivity index (χ4v) is 5.76. The van der Waals surface area contributed by atoms with Gasteiger partial charge in [-0.05, 0) is 51.4 Å². The number of esters is 2. The Labute approximate surface area is 344 Å². The van der Waals surface area contributed by atoms with Crippen molar-refractivity contribution in [2.75, 3.05) is 39.6 Å². The second-order valence-corrected chi connectivity index (χ2v) is 15.6. The highest BCUT2D eigenvalue weighted by atomic mass is 31.2. The first kappa shape index (κ1) is 55.0. The van der Waals surface area contributed by atoms with E-state index in [1.54, 1.807) is 0 Å². The molecule has 58 heavy (non-hydrogen) atoms. The van der Waals surface area contributed by atoms with Crippen LogP contribution in [0.1, 0.15) is 90.9 Å². The van der Waals surface area contributed by atoms with Crippen molar-refractivity contribution in [3.63, 3.8) is 0 Å². The SMILES string of the molecule is CC/C=C/C=C/C=C\C=C/CCCCCC(=O)OCC(O)COP(=O)(O)OCC(O)COP(=O)(O)OCC(O)COC(=O)CCCCC\C=C/C=C\C=C\C=C\CC. The van der Waals surface area contributed by atoms with Crippen LogP contribution in [0.4, 0.5) is 0 Å². The molecule has 0 heterocycles. The molecule has 0 aromatic heterocycles. The van der Waals surface area contributed by atoms with E-state index in [1.807, 2.05) is 85.1 Å². The van der Waals surface area contributed by atoms with Crippen molar-refractivity contribution in [3.8, 4) is 0 Å². The molecule has 0 aliphatic heterocycles. The molecule has 0 bridgehead atoms. The van der Waals surface area contributed by atoms with E-state index in [0.29, 0.717) is 12.8 Å². The highest BCUT2D eigenvalue weighted by Gasteiger charge is 2.28. The molecule has 0 radical (unpaired) electrons. The zero-order chi connectivity index (χ0) is 43.2. The molecule has 0 aliphatic rings. The van der Waals surface area contributed by atoms with Gasteiger partial charge in [0, 0.05) is 12.8 Å². The van der Waals surface area contributed by atoms with Crippen LogP contribution >= 0.6 is 15.6 Å². The number of phosphoric acid groups is 2. The van der Waals surface area contributed by atoms with Gasteiger partial charge in [0.25, 0.3) is 0 Å². The number of unbranched alkanes of at least 4 members (excludes halogenated alkanes) is 6. The third kappa shape index (κ3) is 38.5. The lowest BCUT2D eigenvalue weighted by Crippen LogP contribution is -2.25. The minimum Gasteiger partial charge on any atom is -0.463 e. The van der Waals surface area contributed by atoms with Gasteiger partial charge in [0.2, 0.25) is 0 Å². The molecule has 0 amide bonds. The predicted octanol–water partition coefficient (Wildman–Crippen LogP) is 7.59. The molecule has 0 rings (SSSR count). The molecule has 0 aromatic rings. The number of hydrogen-bond donors (Lipinski definition) is 5. The van der Waals surface area contributed by atoms with Crippen LogP contribution in [0.3, 0.4) is 0 Å². The summed E-state index contributed by atoms with van der Waals surface area (Å²) in [6, 6.07) is 0. The van der Waals surface area contributed by atoms with Crippen LogP contribution < -0.4 is 0 Å². The molecule has 0 saturated carbocycles. The monoisotopic (exact) mass is 860 g/mol. The molecular weight excluding hydrogens is 794 g/mol. The third-order valence-electron chi connectivity index (χ3n) is 7.22. The van der Waals surface area contributed by atoms with Crippen molar-refractivity contribution in [1.82, 2.24) is 0 Å². The lowest BCUT2D eigenvalue weighted by atomic mass is 10.1. The van der Waals surface area contributed by atoms with Crippen molar-refractivity contribution >= 4 is 27.6 Å². The van der Waals surface area contributed by atoms with Crippen molar-refractivity contribution < 1.29 is 71.4 Å². The smallest absolute Gasteiger partial charge is 0.463 e. The number of allylic oxidation sites excluding steroid dienone is 16. The predicted molar refractivity (Wildman–Crippen MR) is 223 cm³/mol. The van der Waals surface area contributed by atoms with Crippen molar-refractivity contribution in [1.29, 1.82) is 0 Å². The molecule has 0 aromatic carbocycles. The molecule has 17 heteroatoms. The zero-order valence-corrected chi connectivity index (χ0v) is 35.7. The molecular formula is C41H66O15P2. The van der Waals surface area contributed by atoms with Gasteiger partial charge in [-0.25, -0.2) is 9.13 Å². The van der Waals surface area contributed by atoms with Crippen LogP contribution in [0.2, 0.25) is 0 Å². The highest BCUT2D eigenvalue weighted by Crippen LogP contribution is 2.45. The topological polar surface area (TPSA) is 225 Å². The fourth-order valence-electron chi connectivity index (χ4n) is 4.17. The van der Waals surface area contributed by atoms with E-state index < -0.39 is 85.5 Å². The zero-order valence-electron chi connectivity index (χ0n) is 33.9. The first-order chi connectivity index (χ1) is 27.8. The van der Waals surface area contributed by atoms with E-state index in [1.165, 1.54) is 0 Å². The number of carbonyl (C=O) groups is 2. The number of phosphoric ester groups is 2. The number of aliphatic hydroxyl groups excluding tert-OH is 3. The molecule has 15 nitrogen and oxygen atoms in total. The average molecular weight is 861 g/mol. The number of ether oxygens (including phenoxy) is 2. The summed E-state index contributed by atoms with van der Waals surface area (Å²) in [5.41, 5.74) is 0. The maximum absolute atomic E-state index is 12.1. The fraction of sp³-hybridized carbons (Fsp3) is 0.561. The van der Waals surface area contributed by atoms with Gasteiger partial charge in [-0.15, -0.1) is 0 Å². The average Bonchev–Trinajstić information content (AvgIpc) is 3.19. The van der Waals surface area contributed by atoms with Crippen LogP contribution in [-0.2, 0) is 46.3 Å². The van der Waals surface area contributed by atoms with Gasteiger partial charge in [-0.2, -0.15) is 0 Å². The molecule has 330 valence electrons. The van der Waals surface area contributed by atoms with E-state index in [2.05, 4.69) is 44.1 Å². The number of aliphatic hydroxyl groups is 3. The summed E-state index contributed by atoms with van der Waals surface area (Å²) in [5.74, 6) is -1.08. The van der Waals surface area contributed by atoms with Gasteiger partial charge < -0.3 is 34.6 Å². The molecule has 0 saturated heterocycles. The normalized spacial score (nSPS) is 16.5. The Kier molecular flexibility index (Phi) is 35.1. The lowest BCUT2D eigenvalue weighted by molar-refractivity contribution is -0.148. The summed E-state index contributed by atoms with van der Waals surface area (Å²) in [6.07, 6.45) is 35.7. The van der Waals surface area contributed by atoms with Crippen LogP contribution in [0.25, 0.3) is 0 Å². The second-order valence-electron chi connectivity index (χ2n) is 12.7. The first-order valence-corrected chi connectivity index (χ1v) is 22.7. The molecule has 0 aliphatic carbocycles. The molecule has 5 N–H and O–H groups in total. The minimum absolute atomic E-state index is 0.144. The van der Waals surface area contributed by atoms with Crippen LogP contribution in [0.5, 0.6) is 0 Å². The summed E-state index contributed by atoms with van der Waals surface area (Å²) >= 11 is 0. The van der Waals surface area contributed by atoms with Crippen molar-refractivity contribution in [2.45, 2.75) is 109 Å². The summed E-state index contributed by atoms with van der Waals surface area (Å²) in [7, 11) is -9.59. The molecule has 0 fully saturated rings. The third-order valence-corrected chi connectivity index (χ3v) is 9.13. The Bertz CT molecular complexity index is 1310. The molecule has 4 unspecified atom stereocenters. The van der Waals surface area contributed by atoms with E-state index in [0.717, 1.165) is 51.4 Å². The van der Waals surface area contributed by atoms with Gasteiger partial charge in [-0.1, -0.05) is 124 Å². The summed E-state index contributed by atoms with van der Waals surface area (Å²) < 4.78 is 52.6. The van der Waals surface area contributed by atoms with Gasteiger partial charge >= 0.3 is 27.6 Å². The summed E-state index contributed by atoms with van der Waals surface area (Å²) in [4.78, 5) is 43.5. The first-order valence-electron chi connectivity index (χ1n) is 19.7. The van der Waals surface area contributed by atoms with Gasteiger partial charge in [0.05, 0.1) is 26.4 Å². The highest BCUT2D eigenvalue weighted by molar-refractivity contribution is 7.47. The van der Waals surface area contributed by atoms with E-state index in [9.17, 15) is 43.8 Å². The van der Waals surface area contributed by atoms with E-state index in [4.69, 9.17) is 9.47 Å². The largest absolute Gasteiger partial charge is 0.472 e.